The highest BCUT2D eigenvalue weighted by atomic mass is 16.6. The molecule has 4 saturated heterocycles. The molecular weight excluding hydrogens is 374 g/mol. The zero-order valence-corrected chi connectivity index (χ0v) is 16.2. The van der Waals surface area contributed by atoms with Crippen LogP contribution in [-0.4, -0.2) is 78.7 Å². The first-order valence-electron chi connectivity index (χ1n) is 10.3. The molecule has 4 fully saturated rings. The maximum Gasteiger partial charge on any atom is 0.410 e. The number of cyclic esters (lactones) is 1. The van der Waals surface area contributed by atoms with Gasteiger partial charge in [0.2, 0.25) is 5.91 Å². The predicted molar refractivity (Wildman–Crippen MR) is 102 cm³/mol. The van der Waals surface area contributed by atoms with Crippen LogP contribution in [0.3, 0.4) is 0 Å². The van der Waals surface area contributed by atoms with Crippen LogP contribution in [0.4, 0.5) is 4.79 Å². The van der Waals surface area contributed by atoms with Crippen LogP contribution in [-0.2, 0) is 14.3 Å². The number of hydrogen-bond donors (Lipinski definition) is 1. The van der Waals surface area contributed by atoms with E-state index in [0.29, 0.717) is 38.3 Å². The number of benzene rings is 1. The molecule has 0 aromatic heterocycles. The van der Waals surface area contributed by atoms with Gasteiger partial charge in [-0.3, -0.25) is 14.5 Å². The molecular formula is C21H25N3O5. The first-order chi connectivity index (χ1) is 14.1. The summed E-state index contributed by atoms with van der Waals surface area (Å²) >= 11 is 0. The highest BCUT2D eigenvalue weighted by Gasteiger charge is 2.63. The minimum atomic E-state index is -0.422. The van der Waals surface area contributed by atoms with E-state index >= 15 is 0 Å². The Morgan fingerprint density at radius 3 is 2.83 bits per heavy atom. The van der Waals surface area contributed by atoms with Gasteiger partial charge in [0, 0.05) is 30.5 Å². The topological polar surface area (TPSA) is 88.2 Å². The lowest BCUT2D eigenvalue weighted by molar-refractivity contribution is -0.132. The van der Waals surface area contributed by atoms with Crippen molar-refractivity contribution in [3.05, 3.63) is 35.9 Å². The Labute approximate surface area is 169 Å². The number of nitrogens with one attached hydrogen (secondary N) is 1. The molecule has 1 N–H and O–H groups in total. The summed E-state index contributed by atoms with van der Waals surface area (Å²) < 4.78 is 11.3. The fourth-order valence-electron chi connectivity index (χ4n) is 5.39. The number of likely N-dealkylation sites (tertiary alicyclic amines) is 1. The Hall–Kier alpha value is -2.61. The lowest BCUT2D eigenvalue weighted by Gasteiger charge is -2.29. The van der Waals surface area contributed by atoms with E-state index < -0.39 is 6.09 Å². The largest absolute Gasteiger partial charge is 0.448 e. The molecule has 3 amide bonds. The van der Waals surface area contributed by atoms with Gasteiger partial charge in [0.25, 0.3) is 5.91 Å². The van der Waals surface area contributed by atoms with Crippen LogP contribution in [0.15, 0.2) is 30.3 Å². The van der Waals surface area contributed by atoms with Crippen molar-refractivity contribution in [3.63, 3.8) is 0 Å². The molecule has 1 aromatic carbocycles. The molecule has 0 saturated carbocycles. The van der Waals surface area contributed by atoms with E-state index in [-0.39, 0.29) is 41.9 Å². The number of hydrogen-bond acceptors (Lipinski definition) is 5. The van der Waals surface area contributed by atoms with Crippen molar-refractivity contribution in [1.29, 1.82) is 0 Å². The normalized spacial score (nSPS) is 32.4. The third kappa shape index (κ3) is 3.15. The number of carbonyl (C=O) groups is 3. The molecule has 4 atom stereocenters. The highest BCUT2D eigenvalue weighted by molar-refractivity contribution is 5.94. The van der Waals surface area contributed by atoms with E-state index in [1.54, 1.807) is 12.1 Å². The monoisotopic (exact) mass is 399 g/mol. The van der Waals surface area contributed by atoms with Crippen LogP contribution in [0.25, 0.3) is 0 Å². The van der Waals surface area contributed by atoms with Gasteiger partial charge in [0.05, 0.1) is 24.8 Å². The van der Waals surface area contributed by atoms with Gasteiger partial charge in [0.15, 0.2) is 0 Å². The average molecular weight is 399 g/mol. The Kier molecular flexibility index (Phi) is 4.46. The van der Waals surface area contributed by atoms with E-state index in [2.05, 4.69) is 5.32 Å². The van der Waals surface area contributed by atoms with Crippen LogP contribution < -0.4 is 5.32 Å². The van der Waals surface area contributed by atoms with E-state index in [4.69, 9.17) is 9.47 Å². The summed E-state index contributed by atoms with van der Waals surface area (Å²) in [5.41, 5.74) is 0.348. The standard InChI is InChI=1S/C21H25N3O5/c25-18(12-23-8-9-28-20(23)27)24-11-16-15(17-6-7-21(16,13-24)29-17)10-22-19(26)14-4-2-1-3-5-14/h1-5,15-17H,6-13H2,(H,22,26)/t15-,16+,17+,21+/m0/s1. The first kappa shape index (κ1) is 18.4. The molecule has 1 spiro atoms. The van der Waals surface area contributed by atoms with Crippen molar-refractivity contribution in [3.8, 4) is 0 Å². The molecule has 0 aliphatic carbocycles. The molecule has 29 heavy (non-hydrogen) atoms. The van der Waals surface area contributed by atoms with Crippen LogP contribution in [0.5, 0.6) is 0 Å². The Morgan fingerprint density at radius 2 is 2.07 bits per heavy atom. The van der Waals surface area contributed by atoms with E-state index in [9.17, 15) is 14.4 Å². The first-order valence-corrected chi connectivity index (χ1v) is 10.3. The number of fused-ring (bicyclic) bond motifs is 1. The van der Waals surface area contributed by atoms with Crippen molar-refractivity contribution < 1.29 is 23.9 Å². The summed E-state index contributed by atoms with van der Waals surface area (Å²) in [5.74, 6) is 0.269. The number of amides is 3. The number of ether oxygens (including phenoxy) is 2. The van der Waals surface area contributed by atoms with Gasteiger partial charge in [-0.2, -0.15) is 0 Å². The zero-order valence-electron chi connectivity index (χ0n) is 16.2. The van der Waals surface area contributed by atoms with E-state index in [1.807, 2.05) is 23.1 Å². The van der Waals surface area contributed by atoms with Crippen molar-refractivity contribution >= 4 is 17.9 Å². The lowest BCUT2D eigenvalue weighted by atomic mass is 9.73. The van der Waals surface area contributed by atoms with Crippen molar-refractivity contribution in [2.24, 2.45) is 11.8 Å². The fourth-order valence-corrected chi connectivity index (χ4v) is 5.39. The van der Waals surface area contributed by atoms with Crippen LogP contribution in [0.1, 0.15) is 23.2 Å². The summed E-state index contributed by atoms with van der Waals surface area (Å²) in [6.45, 7) is 2.58. The molecule has 4 aliphatic heterocycles. The molecule has 0 unspecified atom stereocenters. The number of carbonyl (C=O) groups excluding carboxylic acids is 3. The second-order valence-electron chi connectivity index (χ2n) is 8.42. The Balaban J connectivity index is 1.22. The smallest absolute Gasteiger partial charge is 0.410 e. The maximum absolute atomic E-state index is 12.8. The molecule has 154 valence electrons. The quantitative estimate of drug-likeness (QED) is 0.794. The minimum absolute atomic E-state index is 0.0560. The molecule has 4 heterocycles. The second kappa shape index (κ2) is 7.02. The lowest BCUT2D eigenvalue weighted by Crippen LogP contribution is -2.42. The summed E-state index contributed by atoms with van der Waals surface area (Å²) in [6, 6.07) is 9.18. The second-order valence-corrected chi connectivity index (χ2v) is 8.42. The molecule has 8 nitrogen and oxygen atoms in total. The summed E-state index contributed by atoms with van der Waals surface area (Å²) in [5, 5.41) is 3.05. The minimum Gasteiger partial charge on any atom is -0.448 e. The molecule has 5 rings (SSSR count). The molecule has 1 aromatic rings. The van der Waals surface area contributed by atoms with Gasteiger partial charge in [-0.25, -0.2) is 4.79 Å². The van der Waals surface area contributed by atoms with Gasteiger partial charge in [-0.05, 0) is 25.0 Å². The molecule has 4 aliphatic rings. The maximum atomic E-state index is 12.8. The highest BCUT2D eigenvalue weighted by Crippen LogP contribution is 2.54. The number of rotatable bonds is 5. The van der Waals surface area contributed by atoms with Gasteiger partial charge in [-0.15, -0.1) is 0 Å². The third-order valence-corrected chi connectivity index (χ3v) is 6.84. The predicted octanol–water partition coefficient (Wildman–Crippen LogP) is 0.875. The number of nitrogens with zero attached hydrogens (tertiary/aromatic N) is 2. The van der Waals surface area contributed by atoms with Crippen molar-refractivity contribution in [2.45, 2.75) is 24.5 Å². The Morgan fingerprint density at radius 1 is 1.24 bits per heavy atom. The van der Waals surface area contributed by atoms with Crippen LogP contribution in [0.2, 0.25) is 0 Å². The molecule has 8 heteroatoms. The Bertz CT molecular complexity index is 831. The van der Waals surface area contributed by atoms with Gasteiger partial charge in [0.1, 0.15) is 13.2 Å². The summed E-state index contributed by atoms with van der Waals surface area (Å²) in [4.78, 5) is 40.1. The third-order valence-electron chi connectivity index (χ3n) is 6.84. The van der Waals surface area contributed by atoms with Gasteiger partial charge in [-0.1, -0.05) is 18.2 Å². The van der Waals surface area contributed by atoms with E-state index in [1.165, 1.54) is 4.90 Å². The van der Waals surface area contributed by atoms with Crippen LogP contribution >= 0.6 is 0 Å². The van der Waals surface area contributed by atoms with Gasteiger partial charge >= 0.3 is 6.09 Å². The van der Waals surface area contributed by atoms with E-state index in [0.717, 1.165) is 12.8 Å². The van der Waals surface area contributed by atoms with Crippen LogP contribution in [0, 0.1) is 11.8 Å². The summed E-state index contributed by atoms with van der Waals surface area (Å²) in [7, 11) is 0. The molecule has 0 radical (unpaired) electrons. The fraction of sp³-hybridized carbons (Fsp3) is 0.571. The van der Waals surface area contributed by atoms with Gasteiger partial charge < -0.3 is 19.7 Å². The SMILES string of the molecule is O=C(NC[C@H]1[C@H]2CN(C(=O)CN3CCOC3=O)C[C@]23CC[C@H]1O3)c1ccccc1. The summed E-state index contributed by atoms with van der Waals surface area (Å²) in [6.07, 6.45) is 1.63. The molecule has 2 bridgehead atoms. The van der Waals surface area contributed by atoms with Crippen molar-refractivity contribution in [1.82, 2.24) is 15.1 Å². The van der Waals surface area contributed by atoms with Crippen molar-refractivity contribution in [2.75, 3.05) is 39.3 Å². The zero-order chi connectivity index (χ0) is 20.0. The average Bonchev–Trinajstić information content (AvgIpc) is 3.48.